The predicted molar refractivity (Wildman–Crippen MR) is 83.2 cm³/mol. The van der Waals surface area contributed by atoms with Gasteiger partial charge in [-0.15, -0.1) is 0 Å². The summed E-state index contributed by atoms with van der Waals surface area (Å²) in [7, 11) is 0. The van der Waals surface area contributed by atoms with Crippen LogP contribution in [0.3, 0.4) is 0 Å². The van der Waals surface area contributed by atoms with E-state index in [1.807, 2.05) is 6.33 Å². The van der Waals surface area contributed by atoms with E-state index in [0.29, 0.717) is 6.04 Å². The average Bonchev–Trinajstić information content (AvgIpc) is 3.19. The standard InChI is InChI=1S/C16H27N5/c1-2-4-14(3-1)21-7-5-20(6-8-21)11-13-9-15-16(10-17-13)19-12-18-15/h12-14,17H,1-11H2,(H,18,19). The Kier molecular flexibility index (Phi) is 3.97. The molecule has 0 spiro atoms. The van der Waals surface area contributed by atoms with Crippen LogP contribution < -0.4 is 5.32 Å². The molecule has 2 N–H and O–H groups in total. The lowest BCUT2D eigenvalue weighted by atomic mass is 10.0. The van der Waals surface area contributed by atoms with Crippen LogP contribution in [0.25, 0.3) is 0 Å². The molecule has 5 heteroatoms. The van der Waals surface area contributed by atoms with E-state index in [4.69, 9.17) is 0 Å². The Bertz CT molecular complexity index is 457. The number of aromatic nitrogens is 2. The molecule has 2 aliphatic heterocycles. The number of fused-ring (bicyclic) bond motifs is 1. The van der Waals surface area contributed by atoms with Gasteiger partial charge in [-0.05, 0) is 12.8 Å². The monoisotopic (exact) mass is 289 g/mol. The van der Waals surface area contributed by atoms with Crippen molar-refractivity contribution in [2.24, 2.45) is 0 Å². The highest BCUT2D eigenvalue weighted by molar-refractivity contribution is 5.16. The first kappa shape index (κ1) is 13.7. The molecule has 1 aliphatic carbocycles. The van der Waals surface area contributed by atoms with Crippen LogP contribution in [-0.2, 0) is 13.0 Å². The van der Waals surface area contributed by atoms with Gasteiger partial charge in [0.05, 0.1) is 17.7 Å². The number of aromatic amines is 1. The zero-order valence-electron chi connectivity index (χ0n) is 12.9. The van der Waals surface area contributed by atoms with E-state index in [2.05, 4.69) is 25.1 Å². The highest BCUT2D eigenvalue weighted by atomic mass is 15.3. The molecule has 116 valence electrons. The Hall–Kier alpha value is -0.910. The predicted octanol–water partition coefficient (Wildman–Crippen LogP) is 0.984. The molecule has 0 aromatic carbocycles. The van der Waals surface area contributed by atoms with E-state index < -0.39 is 0 Å². The lowest BCUT2D eigenvalue weighted by Gasteiger charge is -2.39. The minimum Gasteiger partial charge on any atom is -0.347 e. The van der Waals surface area contributed by atoms with E-state index in [1.165, 1.54) is 69.8 Å². The molecule has 2 fully saturated rings. The smallest absolute Gasteiger partial charge is 0.0925 e. The van der Waals surface area contributed by atoms with E-state index in [9.17, 15) is 0 Å². The molecule has 3 aliphatic rings. The summed E-state index contributed by atoms with van der Waals surface area (Å²) >= 11 is 0. The van der Waals surface area contributed by atoms with Gasteiger partial charge in [0, 0.05) is 57.8 Å². The molecule has 21 heavy (non-hydrogen) atoms. The molecule has 1 saturated heterocycles. The van der Waals surface area contributed by atoms with Crippen LogP contribution in [-0.4, -0.2) is 64.6 Å². The van der Waals surface area contributed by atoms with Crippen LogP contribution in [0, 0.1) is 0 Å². The van der Waals surface area contributed by atoms with Crippen molar-refractivity contribution in [1.29, 1.82) is 0 Å². The van der Waals surface area contributed by atoms with Crippen LogP contribution >= 0.6 is 0 Å². The Labute approximate surface area is 127 Å². The second kappa shape index (κ2) is 6.07. The number of piperazine rings is 1. The fourth-order valence-corrected chi connectivity index (χ4v) is 4.25. The van der Waals surface area contributed by atoms with Crippen molar-refractivity contribution in [3.63, 3.8) is 0 Å². The molecule has 1 unspecified atom stereocenters. The van der Waals surface area contributed by atoms with Gasteiger partial charge in [0.2, 0.25) is 0 Å². The van der Waals surface area contributed by atoms with Crippen LogP contribution in [0.15, 0.2) is 6.33 Å². The minimum absolute atomic E-state index is 0.568. The van der Waals surface area contributed by atoms with E-state index in [-0.39, 0.29) is 0 Å². The van der Waals surface area contributed by atoms with Crippen molar-refractivity contribution in [2.75, 3.05) is 32.7 Å². The number of hydrogen-bond donors (Lipinski definition) is 2. The number of nitrogens with one attached hydrogen (secondary N) is 2. The summed E-state index contributed by atoms with van der Waals surface area (Å²) in [6.45, 7) is 7.13. The molecular formula is C16H27N5. The first-order valence-corrected chi connectivity index (χ1v) is 8.59. The summed E-state index contributed by atoms with van der Waals surface area (Å²) in [5.74, 6) is 0. The Morgan fingerprint density at radius 3 is 2.76 bits per heavy atom. The van der Waals surface area contributed by atoms with Gasteiger partial charge in [-0.2, -0.15) is 0 Å². The second-order valence-electron chi connectivity index (χ2n) is 6.88. The third kappa shape index (κ3) is 3.00. The van der Waals surface area contributed by atoms with Gasteiger partial charge in [-0.1, -0.05) is 12.8 Å². The van der Waals surface area contributed by atoms with Crippen LogP contribution in [0.5, 0.6) is 0 Å². The number of H-pyrrole nitrogens is 1. The molecule has 4 rings (SSSR count). The number of imidazole rings is 1. The van der Waals surface area contributed by atoms with Crippen molar-refractivity contribution in [1.82, 2.24) is 25.1 Å². The van der Waals surface area contributed by atoms with Crippen molar-refractivity contribution < 1.29 is 0 Å². The fraction of sp³-hybridized carbons (Fsp3) is 0.812. The molecule has 0 radical (unpaired) electrons. The number of rotatable bonds is 3. The fourth-order valence-electron chi connectivity index (χ4n) is 4.25. The van der Waals surface area contributed by atoms with Crippen LogP contribution in [0.1, 0.15) is 37.1 Å². The third-order valence-electron chi connectivity index (χ3n) is 5.54. The average molecular weight is 289 g/mol. The SMILES string of the molecule is c1nc2c([nH]1)CNC(CN1CCN(C3CCCC3)CC1)C2. The van der Waals surface area contributed by atoms with Gasteiger partial charge in [0.25, 0.3) is 0 Å². The largest absolute Gasteiger partial charge is 0.347 e. The maximum Gasteiger partial charge on any atom is 0.0925 e. The van der Waals surface area contributed by atoms with E-state index in [1.54, 1.807) is 0 Å². The molecular weight excluding hydrogens is 262 g/mol. The summed E-state index contributed by atoms with van der Waals surface area (Å²) in [6, 6.07) is 1.46. The van der Waals surface area contributed by atoms with Crippen LogP contribution in [0.4, 0.5) is 0 Å². The summed E-state index contributed by atoms with van der Waals surface area (Å²) in [6.07, 6.45) is 8.67. The zero-order valence-corrected chi connectivity index (χ0v) is 12.9. The topological polar surface area (TPSA) is 47.2 Å². The molecule has 1 saturated carbocycles. The summed E-state index contributed by atoms with van der Waals surface area (Å²) in [5, 5.41) is 3.65. The van der Waals surface area contributed by atoms with Gasteiger partial charge in [-0.25, -0.2) is 4.98 Å². The quantitative estimate of drug-likeness (QED) is 0.871. The Morgan fingerprint density at radius 1 is 1.14 bits per heavy atom. The molecule has 5 nitrogen and oxygen atoms in total. The third-order valence-corrected chi connectivity index (χ3v) is 5.54. The Morgan fingerprint density at radius 2 is 1.95 bits per heavy atom. The lowest BCUT2D eigenvalue weighted by molar-refractivity contribution is 0.0905. The highest BCUT2D eigenvalue weighted by Crippen LogP contribution is 2.24. The molecule has 3 heterocycles. The van der Waals surface area contributed by atoms with Gasteiger partial charge < -0.3 is 10.3 Å². The van der Waals surface area contributed by atoms with Gasteiger partial charge in [0.15, 0.2) is 0 Å². The van der Waals surface area contributed by atoms with Gasteiger partial charge in [-0.3, -0.25) is 9.80 Å². The molecule has 1 aromatic rings. The maximum absolute atomic E-state index is 4.44. The zero-order chi connectivity index (χ0) is 14.1. The molecule has 0 bridgehead atoms. The number of nitrogens with zero attached hydrogens (tertiary/aromatic N) is 3. The Balaban J connectivity index is 1.26. The normalized spacial score (nSPS) is 28.9. The van der Waals surface area contributed by atoms with Crippen molar-refractivity contribution >= 4 is 0 Å². The van der Waals surface area contributed by atoms with Crippen LogP contribution in [0.2, 0.25) is 0 Å². The molecule has 0 amide bonds. The number of hydrogen-bond acceptors (Lipinski definition) is 4. The summed E-state index contributed by atoms with van der Waals surface area (Å²) in [5.41, 5.74) is 2.54. The van der Waals surface area contributed by atoms with Crippen molar-refractivity contribution in [3.05, 3.63) is 17.7 Å². The molecule has 1 aromatic heterocycles. The lowest BCUT2D eigenvalue weighted by Crippen LogP contribution is -2.53. The summed E-state index contributed by atoms with van der Waals surface area (Å²) < 4.78 is 0. The highest BCUT2D eigenvalue weighted by Gasteiger charge is 2.28. The summed E-state index contributed by atoms with van der Waals surface area (Å²) in [4.78, 5) is 13.0. The van der Waals surface area contributed by atoms with Crippen molar-refractivity contribution in [3.8, 4) is 0 Å². The minimum atomic E-state index is 0.568. The van der Waals surface area contributed by atoms with Crippen molar-refractivity contribution in [2.45, 2.75) is 50.7 Å². The first-order chi connectivity index (χ1) is 10.4. The van der Waals surface area contributed by atoms with E-state index >= 15 is 0 Å². The second-order valence-corrected chi connectivity index (χ2v) is 6.88. The maximum atomic E-state index is 4.44. The van der Waals surface area contributed by atoms with Gasteiger partial charge >= 0.3 is 0 Å². The molecule has 1 atom stereocenters. The first-order valence-electron chi connectivity index (χ1n) is 8.59. The van der Waals surface area contributed by atoms with E-state index in [0.717, 1.165) is 19.0 Å². The van der Waals surface area contributed by atoms with Gasteiger partial charge in [0.1, 0.15) is 0 Å².